The molecule has 0 saturated heterocycles. The second-order valence-electron chi connectivity index (χ2n) is 32.7. The minimum atomic E-state index is -4.26. The normalized spacial score (nSPS) is 12.5. The standard InChI is InChI=1S/C35H36ClN5O7S.C35H36ClN3O3.C30H34ClN3O3/c1-20-17-25(18-21(2)34(20)36)48-16-6-9-28-27-7-5-8-29(33-22(3)38-39-23(33)4)30(27)19-31(28)35(43)37-15-14-32(42)40-49(46,47)26-12-10-24(11-13-26)41(44)45;1-20-15-27(16-21(2)34(20)36)42-14-8-13-29-28-11-7-12-30(33-22(3)38-39-23(33)4)31(28)18-32(29)35(41)37-19-25-9-6-10-26(17-25)24(5)40;1-17-14-22(15-18(2)29(17)31)37-13-7-10-24-23-8-6-9-25(28-20(4)33-34-21(28)5)26(23)16-27(24)30(36)32-12-11-19(3)35/h5,7-8,10-13,17-18H,6,9,14-16,19H2,1-4H3,(H,37,43)(H,38,39)(H,40,42);6-7,9-12,15-17H,8,13-14,18-19H2,1-5H3,(H,37,41)(H,38,39);6,8-9,14-15H,7,10-13,16H2,1-5H3,(H,32,36)(H,33,34). The Balaban J connectivity index is 0.000000176. The molecule has 0 atom stereocenters. The number of Topliss-reactive ketones (excluding diaryl/α,β-unsaturated/α-hetero) is 2. The molecule has 0 saturated carbocycles. The number of carbonyl (C=O) groups excluding carboxylic acids is 6. The third-order valence-corrected chi connectivity index (χ3v) is 26.4. The molecule has 666 valence electrons. The van der Waals surface area contributed by atoms with E-state index < -0.39 is 20.9 Å². The smallest absolute Gasteiger partial charge is 0.269 e. The number of sulfonamides is 1. The van der Waals surface area contributed by atoms with Crippen LogP contribution < -0.4 is 34.9 Å². The fourth-order valence-electron chi connectivity index (χ4n) is 16.9. The van der Waals surface area contributed by atoms with E-state index >= 15 is 0 Å². The number of carbonyl (C=O) groups is 6. The van der Waals surface area contributed by atoms with Crippen LogP contribution >= 0.6 is 34.8 Å². The number of non-ortho nitro benzene ring substituents is 1. The van der Waals surface area contributed by atoms with Crippen LogP contribution in [0.1, 0.15) is 182 Å². The minimum absolute atomic E-state index is 0.00270. The van der Waals surface area contributed by atoms with Gasteiger partial charge in [-0.3, -0.25) is 54.2 Å². The van der Waals surface area contributed by atoms with E-state index in [0.717, 1.165) is 232 Å². The van der Waals surface area contributed by atoms with E-state index in [0.29, 0.717) is 100 Å². The number of hydrogen-bond donors (Lipinski definition) is 7. The second-order valence-corrected chi connectivity index (χ2v) is 35.5. The maximum absolute atomic E-state index is 13.7. The van der Waals surface area contributed by atoms with Gasteiger partial charge in [0.15, 0.2) is 5.78 Å². The van der Waals surface area contributed by atoms with Crippen molar-refractivity contribution in [3.8, 4) is 50.6 Å². The van der Waals surface area contributed by atoms with Crippen LogP contribution in [0.15, 0.2) is 161 Å². The number of hydrogen-bond acceptors (Lipinski definition) is 16. The molecular formula is C100H106Cl3N11O13S. The number of nitrogens with zero attached hydrogens (tertiary/aromatic N) is 4. The lowest BCUT2D eigenvalue weighted by molar-refractivity contribution is -0.384. The van der Waals surface area contributed by atoms with Crippen LogP contribution in [0.3, 0.4) is 0 Å². The number of ketones is 2. The molecule has 0 radical (unpaired) electrons. The van der Waals surface area contributed by atoms with Crippen molar-refractivity contribution < 1.29 is 56.3 Å². The van der Waals surface area contributed by atoms with Crippen LogP contribution in [0.25, 0.3) is 50.1 Å². The summed E-state index contributed by atoms with van der Waals surface area (Å²) >= 11 is 18.9. The molecule has 11 aromatic rings. The van der Waals surface area contributed by atoms with Gasteiger partial charge in [0.1, 0.15) is 23.0 Å². The Hall–Kier alpha value is -12.6. The van der Waals surface area contributed by atoms with Crippen molar-refractivity contribution in [2.45, 2.75) is 179 Å². The molecule has 4 amide bonds. The predicted molar refractivity (Wildman–Crippen MR) is 502 cm³/mol. The lowest BCUT2D eigenvalue weighted by atomic mass is 9.93. The molecule has 8 aromatic carbocycles. The summed E-state index contributed by atoms with van der Waals surface area (Å²) in [5.41, 5.74) is 30.6. The van der Waals surface area contributed by atoms with Crippen LogP contribution in [0.4, 0.5) is 5.69 Å². The van der Waals surface area contributed by atoms with E-state index in [1.54, 1.807) is 13.0 Å². The van der Waals surface area contributed by atoms with Crippen LogP contribution in [-0.4, -0.2) is 112 Å². The van der Waals surface area contributed by atoms with Crippen LogP contribution in [0.5, 0.6) is 17.2 Å². The number of rotatable bonds is 33. The Bertz CT molecular complexity index is 6270. The molecule has 7 N–H and O–H groups in total. The first-order valence-electron chi connectivity index (χ1n) is 42.6. The largest absolute Gasteiger partial charge is 0.494 e. The van der Waals surface area contributed by atoms with Crippen LogP contribution in [0.2, 0.25) is 15.1 Å². The van der Waals surface area contributed by atoms with Crippen molar-refractivity contribution in [2.75, 3.05) is 32.9 Å². The molecule has 14 rings (SSSR count). The molecule has 0 fully saturated rings. The summed E-state index contributed by atoms with van der Waals surface area (Å²) in [5.74, 6) is 0.999. The highest BCUT2D eigenvalue weighted by Crippen LogP contribution is 2.47. The van der Waals surface area contributed by atoms with Gasteiger partial charge in [-0.25, -0.2) is 13.1 Å². The van der Waals surface area contributed by atoms with Crippen molar-refractivity contribution in [3.05, 3.63) is 293 Å². The van der Waals surface area contributed by atoms with E-state index in [-0.39, 0.29) is 52.8 Å². The molecule has 0 spiro atoms. The van der Waals surface area contributed by atoms with Gasteiger partial charge in [0.25, 0.3) is 15.7 Å². The summed E-state index contributed by atoms with van der Waals surface area (Å²) in [5, 5.41) is 44.3. The Morgan fingerprint density at radius 1 is 0.445 bits per heavy atom. The minimum Gasteiger partial charge on any atom is -0.494 e. The number of aryl methyl sites for hydroxylation is 12. The first-order chi connectivity index (χ1) is 61.1. The number of aromatic nitrogens is 6. The van der Waals surface area contributed by atoms with Gasteiger partial charge in [0, 0.05) is 135 Å². The second kappa shape index (κ2) is 41.9. The summed E-state index contributed by atoms with van der Waals surface area (Å²) in [6.07, 6.45) is 5.59. The van der Waals surface area contributed by atoms with Gasteiger partial charge < -0.3 is 30.2 Å². The zero-order valence-corrected chi connectivity index (χ0v) is 77.5. The molecular weight excluding hydrogens is 1700 g/mol. The van der Waals surface area contributed by atoms with Crippen molar-refractivity contribution in [3.63, 3.8) is 0 Å². The Morgan fingerprint density at radius 2 is 0.781 bits per heavy atom. The highest BCUT2D eigenvalue weighted by Gasteiger charge is 2.34. The molecule has 0 unspecified atom stereocenters. The quantitative estimate of drug-likeness (QED) is 0.00869. The average Bonchev–Trinajstić information content (AvgIpc) is 1.62. The number of H-pyrrole nitrogens is 3. The molecule has 0 aliphatic heterocycles. The summed E-state index contributed by atoms with van der Waals surface area (Å²) < 4.78 is 45.4. The zero-order valence-electron chi connectivity index (χ0n) is 74.4. The average molecular weight is 1810 g/mol. The van der Waals surface area contributed by atoms with E-state index in [2.05, 4.69) is 76.9 Å². The van der Waals surface area contributed by atoms with Gasteiger partial charge in [0.05, 0.1) is 46.7 Å². The number of nitro benzene ring substituents is 1. The highest BCUT2D eigenvalue weighted by molar-refractivity contribution is 7.90. The van der Waals surface area contributed by atoms with Crippen molar-refractivity contribution in [1.29, 1.82) is 0 Å². The third-order valence-electron chi connectivity index (χ3n) is 23.2. The van der Waals surface area contributed by atoms with E-state index in [9.17, 15) is 47.3 Å². The molecule has 128 heavy (non-hydrogen) atoms. The number of benzene rings is 8. The predicted octanol–water partition coefficient (Wildman–Crippen LogP) is 19.9. The SMILES string of the molecule is CC(=O)CCNC(=O)C1=C(CCCOc2cc(C)c(Cl)c(C)c2)c2cccc(-c3c(C)n[nH]c3C)c2C1.CC(=O)c1cccc(CNC(=O)C2=C(CCCOc3cc(C)c(Cl)c(C)c3)c3cccc(-c4c(C)n[nH]c4C)c3C2)c1.Cc1cc(OCCCC2=C(C(=O)NCCC(=O)NS(=O)(=O)c3ccc([N+](=O)[O-])cc3)Cc3c2cccc3-c2c(C)n[nH]c2C)cc(C)c1Cl. The lowest BCUT2D eigenvalue weighted by Gasteiger charge is -2.13. The maximum atomic E-state index is 13.7. The molecule has 3 aliphatic rings. The van der Waals surface area contributed by atoms with Gasteiger partial charge in [-0.1, -0.05) is 108 Å². The molecule has 0 bridgehead atoms. The fraction of sp³-hybridized carbons (Fsp3) is 0.310. The Kier molecular flexibility index (Phi) is 31.0. The Morgan fingerprint density at radius 3 is 1.11 bits per heavy atom. The Labute approximate surface area is 761 Å². The molecule has 3 aliphatic carbocycles. The van der Waals surface area contributed by atoms with Crippen LogP contribution in [0, 0.1) is 93.2 Å². The number of halogens is 3. The van der Waals surface area contributed by atoms with Crippen molar-refractivity contribution >= 4 is 102 Å². The van der Waals surface area contributed by atoms with E-state index in [1.807, 2.05) is 167 Å². The number of fused-ring (bicyclic) bond motifs is 3. The number of aromatic amines is 3. The van der Waals surface area contributed by atoms with Gasteiger partial charge in [-0.2, -0.15) is 15.3 Å². The monoisotopic (exact) mass is 1810 g/mol. The zero-order chi connectivity index (χ0) is 92.1. The van der Waals surface area contributed by atoms with Gasteiger partial charge in [-0.05, 0) is 296 Å². The molecule has 28 heteroatoms. The van der Waals surface area contributed by atoms with E-state index in [1.165, 1.54) is 6.92 Å². The van der Waals surface area contributed by atoms with Crippen LogP contribution in [-0.2, 0) is 59.8 Å². The number of nitro groups is 1. The first-order valence-corrected chi connectivity index (χ1v) is 45.2. The number of ether oxygens (including phenoxy) is 3. The molecule has 3 aromatic heterocycles. The van der Waals surface area contributed by atoms with Gasteiger partial charge >= 0.3 is 0 Å². The molecule has 3 heterocycles. The number of nitrogens with one attached hydrogen (secondary N) is 7. The van der Waals surface area contributed by atoms with E-state index in [4.69, 9.17) is 49.0 Å². The summed E-state index contributed by atoms with van der Waals surface area (Å²) in [4.78, 5) is 86.3. The topological polar surface area (TPSA) is 342 Å². The van der Waals surface area contributed by atoms with Gasteiger partial charge in [0.2, 0.25) is 23.6 Å². The summed E-state index contributed by atoms with van der Waals surface area (Å²) in [7, 11) is -4.26. The summed E-state index contributed by atoms with van der Waals surface area (Å²) in [6, 6.07) is 41.7. The maximum Gasteiger partial charge on any atom is 0.269 e. The highest BCUT2D eigenvalue weighted by atomic mass is 35.5. The number of amides is 4. The number of allylic oxidation sites excluding steroid dienone is 3. The first kappa shape index (κ1) is 94.6. The van der Waals surface area contributed by atoms with Crippen molar-refractivity contribution in [1.82, 2.24) is 51.3 Å². The van der Waals surface area contributed by atoms with Gasteiger partial charge in [-0.15, -0.1) is 0 Å². The fourth-order valence-corrected chi connectivity index (χ4v) is 18.3. The van der Waals surface area contributed by atoms with Crippen molar-refractivity contribution in [2.24, 2.45) is 0 Å². The lowest BCUT2D eigenvalue weighted by Crippen LogP contribution is -2.34. The third kappa shape index (κ3) is 22.3. The molecule has 24 nitrogen and oxygen atoms in total. The summed E-state index contributed by atoms with van der Waals surface area (Å²) in [6.45, 7) is 28.8.